The van der Waals surface area contributed by atoms with Gasteiger partial charge >= 0.3 is 0 Å². The van der Waals surface area contributed by atoms with E-state index in [1.54, 1.807) is 30.2 Å². The van der Waals surface area contributed by atoms with Gasteiger partial charge in [0.15, 0.2) is 0 Å². The number of nitrogens with one attached hydrogen (secondary N) is 1. The molecule has 2 aliphatic rings. The first-order valence-electron chi connectivity index (χ1n) is 8.67. The molecular formula is C18H24ClN3O3. The predicted octanol–water partition coefficient (Wildman–Crippen LogP) is 1.95. The summed E-state index contributed by atoms with van der Waals surface area (Å²) in [6, 6.07) is 5.26. The van der Waals surface area contributed by atoms with Gasteiger partial charge in [-0.15, -0.1) is 0 Å². The highest BCUT2D eigenvalue weighted by Crippen LogP contribution is 2.35. The Hall–Kier alpha value is -1.79. The van der Waals surface area contributed by atoms with Crippen LogP contribution in [0.2, 0.25) is 5.02 Å². The maximum atomic E-state index is 12.6. The molecule has 6 nitrogen and oxygen atoms in total. The molecule has 1 saturated heterocycles. The van der Waals surface area contributed by atoms with Gasteiger partial charge in [-0.25, -0.2) is 0 Å². The van der Waals surface area contributed by atoms with E-state index in [2.05, 4.69) is 5.32 Å². The van der Waals surface area contributed by atoms with Gasteiger partial charge in [0, 0.05) is 24.0 Å². The van der Waals surface area contributed by atoms with Crippen molar-refractivity contribution < 1.29 is 14.3 Å². The smallest absolute Gasteiger partial charge is 0.227 e. The Morgan fingerprint density at radius 2 is 2.24 bits per heavy atom. The molecule has 3 atom stereocenters. The van der Waals surface area contributed by atoms with E-state index in [9.17, 15) is 9.59 Å². The molecule has 0 spiro atoms. The van der Waals surface area contributed by atoms with Crippen LogP contribution in [0.15, 0.2) is 18.2 Å². The number of hydrogen-bond acceptors (Lipinski definition) is 4. The third-order valence-corrected chi connectivity index (χ3v) is 5.45. The second kappa shape index (κ2) is 7.62. The van der Waals surface area contributed by atoms with Gasteiger partial charge in [-0.1, -0.05) is 18.0 Å². The number of carbonyl (C=O) groups is 2. The van der Waals surface area contributed by atoms with E-state index in [0.717, 1.165) is 19.3 Å². The normalized spacial score (nSPS) is 26.1. The van der Waals surface area contributed by atoms with Crippen molar-refractivity contribution in [2.75, 3.05) is 25.1 Å². The van der Waals surface area contributed by atoms with E-state index >= 15 is 0 Å². The van der Waals surface area contributed by atoms with E-state index in [4.69, 9.17) is 22.1 Å². The van der Waals surface area contributed by atoms with E-state index in [1.165, 1.54) is 0 Å². The first-order chi connectivity index (χ1) is 12.0. The fourth-order valence-corrected chi connectivity index (χ4v) is 3.97. The highest BCUT2D eigenvalue weighted by molar-refractivity contribution is 6.31. The van der Waals surface area contributed by atoms with Gasteiger partial charge < -0.3 is 20.7 Å². The fourth-order valence-electron chi connectivity index (χ4n) is 3.80. The van der Waals surface area contributed by atoms with Crippen molar-refractivity contribution >= 4 is 29.1 Å². The number of benzene rings is 1. The van der Waals surface area contributed by atoms with Crippen LogP contribution in [0.5, 0.6) is 5.75 Å². The van der Waals surface area contributed by atoms with Crippen molar-refractivity contribution in [3.63, 3.8) is 0 Å². The minimum Gasteiger partial charge on any atom is -0.495 e. The number of halogens is 1. The summed E-state index contributed by atoms with van der Waals surface area (Å²) in [7, 11) is 1.55. The third kappa shape index (κ3) is 3.75. The van der Waals surface area contributed by atoms with Crippen LogP contribution in [0.3, 0.4) is 0 Å². The molecule has 2 fully saturated rings. The average Bonchev–Trinajstić information content (AvgIpc) is 3.20. The van der Waals surface area contributed by atoms with Gasteiger partial charge in [-0.3, -0.25) is 9.59 Å². The van der Waals surface area contributed by atoms with Crippen LogP contribution in [0.25, 0.3) is 0 Å². The average molecular weight is 366 g/mol. The summed E-state index contributed by atoms with van der Waals surface area (Å²) < 4.78 is 5.33. The zero-order chi connectivity index (χ0) is 18.0. The molecule has 1 heterocycles. The SMILES string of the molecule is COc1ccc(Cl)cc1N1CC(C(=O)NC2CCCC2CN)CC1=O. The number of nitrogens with zero attached hydrogens (tertiary/aromatic N) is 1. The van der Waals surface area contributed by atoms with Crippen molar-refractivity contribution in [2.45, 2.75) is 31.7 Å². The highest BCUT2D eigenvalue weighted by atomic mass is 35.5. The molecule has 136 valence electrons. The maximum absolute atomic E-state index is 12.6. The molecule has 1 aromatic rings. The summed E-state index contributed by atoms with van der Waals surface area (Å²) in [5.41, 5.74) is 6.39. The molecule has 0 radical (unpaired) electrons. The lowest BCUT2D eigenvalue weighted by atomic mass is 10.0. The fraction of sp³-hybridized carbons (Fsp3) is 0.556. The van der Waals surface area contributed by atoms with Crippen molar-refractivity contribution in [1.29, 1.82) is 0 Å². The monoisotopic (exact) mass is 365 g/mol. The molecule has 1 aromatic carbocycles. The molecule has 3 unspecified atom stereocenters. The van der Waals surface area contributed by atoms with Gasteiger partial charge in [0.2, 0.25) is 11.8 Å². The summed E-state index contributed by atoms with van der Waals surface area (Å²) in [6.07, 6.45) is 3.29. The molecule has 0 aromatic heterocycles. The minimum absolute atomic E-state index is 0.0674. The molecule has 1 aliphatic carbocycles. The number of hydrogen-bond donors (Lipinski definition) is 2. The Bertz CT molecular complexity index is 667. The molecule has 2 amide bonds. The number of methoxy groups -OCH3 is 1. The topological polar surface area (TPSA) is 84.7 Å². The lowest BCUT2D eigenvalue weighted by Crippen LogP contribution is -2.43. The molecule has 1 saturated carbocycles. The molecule has 25 heavy (non-hydrogen) atoms. The number of nitrogens with two attached hydrogens (primary N) is 1. The third-order valence-electron chi connectivity index (χ3n) is 5.22. The second-order valence-corrected chi connectivity index (χ2v) is 7.20. The van der Waals surface area contributed by atoms with E-state index in [-0.39, 0.29) is 30.2 Å². The number of carbonyl (C=O) groups excluding carboxylic acids is 2. The van der Waals surface area contributed by atoms with Crippen LogP contribution in [-0.2, 0) is 9.59 Å². The summed E-state index contributed by atoms with van der Waals surface area (Å²) >= 11 is 6.06. The van der Waals surface area contributed by atoms with Crippen LogP contribution in [0.4, 0.5) is 5.69 Å². The number of amides is 2. The van der Waals surface area contributed by atoms with Gasteiger partial charge in [0.05, 0.1) is 18.7 Å². The zero-order valence-corrected chi connectivity index (χ0v) is 15.1. The quantitative estimate of drug-likeness (QED) is 0.835. The van der Waals surface area contributed by atoms with E-state index < -0.39 is 0 Å². The van der Waals surface area contributed by atoms with Gasteiger partial charge in [-0.2, -0.15) is 0 Å². The zero-order valence-electron chi connectivity index (χ0n) is 14.3. The van der Waals surface area contributed by atoms with Crippen LogP contribution in [-0.4, -0.2) is 38.1 Å². The van der Waals surface area contributed by atoms with E-state index in [1.807, 2.05) is 0 Å². The lowest BCUT2D eigenvalue weighted by molar-refractivity contribution is -0.127. The number of rotatable bonds is 5. The number of anilines is 1. The summed E-state index contributed by atoms with van der Waals surface area (Å²) in [6.45, 7) is 0.918. The molecular weight excluding hydrogens is 342 g/mol. The number of ether oxygens (including phenoxy) is 1. The molecule has 7 heteroatoms. The maximum Gasteiger partial charge on any atom is 0.227 e. The Morgan fingerprint density at radius 1 is 1.44 bits per heavy atom. The summed E-state index contributed by atoms with van der Waals surface area (Å²) in [4.78, 5) is 26.7. The Balaban J connectivity index is 1.70. The molecule has 3 N–H and O–H groups in total. The first kappa shape index (κ1) is 18.0. The van der Waals surface area contributed by atoms with Gasteiger partial charge in [0.25, 0.3) is 0 Å². The second-order valence-electron chi connectivity index (χ2n) is 6.76. The van der Waals surface area contributed by atoms with Crippen LogP contribution in [0.1, 0.15) is 25.7 Å². The Labute approximate surface area is 152 Å². The molecule has 3 rings (SSSR count). The summed E-state index contributed by atoms with van der Waals surface area (Å²) in [5.74, 6) is 0.378. The van der Waals surface area contributed by atoms with Crippen molar-refractivity contribution in [3.05, 3.63) is 23.2 Å². The lowest BCUT2D eigenvalue weighted by Gasteiger charge is -2.22. The van der Waals surface area contributed by atoms with Crippen LogP contribution < -0.4 is 20.7 Å². The Morgan fingerprint density at radius 3 is 2.96 bits per heavy atom. The van der Waals surface area contributed by atoms with Crippen LogP contribution >= 0.6 is 11.6 Å². The first-order valence-corrected chi connectivity index (χ1v) is 9.05. The molecule has 1 aliphatic heterocycles. The van der Waals surface area contributed by atoms with Gasteiger partial charge in [0.1, 0.15) is 5.75 Å². The van der Waals surface area contributed by atoms with E-state index in [0.29, 0.717) is 35.5 Å². The standard InChI is InChI=1S/C18H24ClN3O3/c1-25-16-6-5-13(19)8-15(16)22-10-12(7-17(22)23)18(24)21-14-4-2-3-11(14)9-20/h5-6,8,11-12,14H,2-4,7,9-10,20H2,1H3,(H,21,24). The van der Waals surface area contributed by atoms with Crippen molar-refractivity contribution in [3.8, 4) is 5.75 Å². The van der Waals surface area contributed by atoms with Crippen LogP contribution in [0, 0.1) is 11.8 Å². The minimum atomic E-state index is -0.366. The predicted molar refractivity (Wildman–Crippen MR) is 96.8 cm³/mol. The Kier molecular flexibility index (Phi) is 5.49. The highest BCUT2D eigenvalue weighted by Gasteiger charge is 2.38. The largest absolute Gasteiger partial charge is 0.495 e. The molecule has 0 bridgehead atoms. The summed E-state index contributed by atoms with van der Waals surface area (Å²) in [5, 5.41) is 3.62. The van der Waals surface area contributed by atoms with Crippen molar-refractivity contribution in [1.82, 2.24) is 5.32 Å². The van der Waals surface area contributed by atoms with Crippen molar-refractivity contribution in [2.24, 2.45) is 17.6 Å². The van der Waals surface area contributed by atoms with Gasteiger partial charge in [-0.05, 0) is 43.5 Å².